The lowest BCUT2D eigenvalue weighted by Crippen LogP contribution is -2.00. The number of methoxy groups -OCH3 is 1. The second-order valence-corrected chi connectivity index (χ2v) is 3.16. The Labute approximate surface area is 79.2 Å². The highest BCUT2D eigenvalue weighted by Crippen LogP contribution is 2.24. The van der Waals surface area contributed by atoms with Crippen LogP contribution < -0.4 is 4.74 Å². The lowest BCUT2D eigenvalue weighted by atomic mass is 10.00. The second kappa shape index (κ2) is 4.28. The molecular weight excluding hydrogens is 164 g/mol. The molecule has 0 atom stereocenters. The summed E-state index contributed by atoms with van der Waals surface area (Å²) in [5.41, 5.74) is 3.57. The van der Waals surface area contributed by atoms with Crippen molar-refractivity contribution in [3.63, 3.8) is 0 Å². The maximum Gasteiger partial charge on any atom is 0.122 e. The van der Waals surface area contributed by atoms with Crippen LogP contribution in [0.2, 0.25) is 0 Å². The third-order valence-corrected chi connectivity index (χ3v) is 2.41. The topological polar surface area (TPSA) is 29.5 Å². The molecule has 0 aliphatic heterocycles. The van der Waals surface area contributed by atoms with E-state index in [9.17, 15) is 0 Å². The van der Waals surface area contributed by atoms with Gasteiger partial charge in [-0.15, -0.1) is 0 Å². The fraction of sp³-hybridized carbons (Fsp3) is 0.455. The van der Waals surface area contributed by atoms with Crippen molar-refractivity contribution in [1.82, 2.24) is 0 Å². The van der Waals surface area contributed by atoms with Gasteiger partial charge in [-0.2, -0.15) is 0 Å². The van der Waals surface area contributed by atoms with Gasteiger partial charge in [-0.1, -0.05) is 6.07 Å². The van der Waals surface area contributed by atoms with Crippen LogP contribution in [0, 0.1) is 13.8 Å². The second-order valence-electron chi connectivity index (χ2n) is 3.16. The fourth-order valence-corrected chi connectivity index (χ4v) is 1.46. The summed E-state index contributed by atoms with van der Waals surface area (Å²) in [5, 5.41) is 8.90. The molecule has 72 valence electrons. The first-order valence-electron chi connectivity index (χ1n) is 4.44. The van der Waals surface area contributed by atoms with Crippen molar-refractivity contribution in [2.24, 2.45) is 0 Å². The molecule has 0 unspecified atom stereocenters. The van der Waals surface area contributed by atoms with Crippen molar-refractivity contribution in [3.05, 3.63) is 28.8 Å². The minimum Gasteiger partial charge on any atom is -0.496 e. The lowest BCUT2D eigenvalue weighted by molar-refractivity contribution is 0.296. The van der Waals surface area contributed by atoms with E-state index in [2.05, 4.69) is 13.8 Å². The van der Waals surface area contributed by atoms with Crippen molar-refractivity contribution in [2.45, 2.75) is 20.3 Å². The summed E-state index contributed by atoms with van der Waals surface area (Å²) in [4.78, 5) is 0. The van der Waals surface area contributed by atoms with Gasteiger partial charge in [-0.05, 0) is 43.0 Å². The van der Waals surface area contributed by atoms with Crippen LogP contribution >= 0.6 is 0 Å². The monoisotopic (exact) mass is 180 g/mol. The minimum absolute atomic E-state index is 0.167. The van der Waals surface area contributed by atoms with Crippen LogP contribution in [-0.4, -0.2) is 18.8 Å². The molecular formula is C11H16O2. The zero-order valence-corrected chi connectivity index (χ0v) is 8.42. The minimum atomic E-state index is 0.167. The van der Waals surface area contributed by atoms with Crippen LogP contribution in [0.25, 0.3) is 0 Å². The van der Waals surface area contributed by atoms with Gasteiger partial charge < -0.3 is 9.84 Å². The first-order valence-corrected chi connectivity index (χ1v) is 4.44. The van der Waals surface area contributed by atoms with Gasteiger partial charge in [0.1, 0.15) is 5.75 Å². The van der Waals surface area contributed by atoms with E-state index < -0.39 is 0 Å². The predicted molar refractivity (Wildman–Crippen MR) is 53.3 cm³/mol. The van der Waals surface area contributed by atoms with E-state index >= 15 is 0 Å². The van der Waals surface area contributed by atoms with Crippen LogP contribution in [0.15, 0.2) is 12.1 Å². The standard InChI is InChI=1S/C11H16O2/c1-8-4-5-11(13-3)10(6-7-12)9(8)2/h4-5,12H,6-7H2,1-3H3. The number of ether oxygens (including phenoxy) is 1. The summed E-state index contributed by atoms with van der Waals surface area (Å²) in [6, 6.07) is 3.99. The molecule has 0 aliphatic rings. The average Bonchev–Trinajstić information content (AvgIpc) is 2.14. The highest BCUT2D eigenvalue weighted by Gasteiger charge is 2.07. The Hall–Kier alpha value is -1.02. The van der Waals surface area contributed by atoms with Gasteiger partial charge in [0.2, 0.25) is 0 Å². The Morgan fingerprint density at radius 2 is 2.00 bits per heavy atom. The Kier molecular flexibility index (Phi) is 3.32. The van der Waals surface area contributed by atoms with E-state index in [1.54, 1.807) is 7.11 Å². The highest BCUT2D eigenvalue weighted by atomic mass is 16.5. The number of rotatable bonds is 3. The van der Waals surface area contributed by atoms with Gasteiger partial charge in [0.05, 0.1) is 7.11 Å². The maximum atomic E-state index is 8.90. The van der Waals surface area contributed by atoms with E-state index in [0.717, 1.165) is 11.3 Å². The zero-order chi connectivity index (χ0) is 9.84. The predicted octanol–water partition coefficient (Wildman–Crippen LogP) is 1.85. The average molecular weight is 180 g/mol. The van der Waals surface area contributed by atoms with Gasteiger partial charge >= 0.3 is 0 Å². The summed E-state index contributed by atoms with van der Waals surface area (Å²) in [5.74, 6) is 0.872. The quantitative estimate of drug-likeness (QED) is 0.769. The van der Waals surface area contributed by atoms with Gasteiger partial charge in [-0.3, -0.25) is 0 Å². The first kappa shape index (κ1) is 10.1. The molecule has 0 amide bonds. The Morgan fingerprint density at radius 1 is 1.31 bits per heavy atom. The molecule has 0 radical (unpaired) electrons. The third kappa shape index (κ3) is 2.01. The summed E-state index contributed by atoms with van der Waals surface area (Å²) in [7, 11) is 1.66. The van der Waals surface area contributed by atoms with E-state index in [-0.39, 0.29) is 6.61 Å². The normalized spacial score (nSPS) is 10.2. The molecule has 0 saturated heterocycles. The van der Waals surface area contributed by atoms with E-state index in [0.29, 0.717) is 6.42 Å². The largest absolute Gasteiger partial charge is 0.496 e. The highest BCUT2D eigenvalue weighted by molar-refractivity contribution is 5.44. The van der Waals surface area contributed by atoms with Crippen LogP contribution in [0.3, 0.4) is 0 Å². The molecule has 1 aromatic rings. The summed E-state index contributed by atoms with van der Waals surface area (Å²) < 4.78 is 5.22. The van der Waals surface area contributed by atoms with Crippen molar-refractivity contribution in [1.29, 1.82) is 0 Å². The van der Waals surface area contributed by atoms with Gasteiger partial charge in [-0.25, -0.2) is 0 Å². The molecule has 2 heteroatoms. The Bertz CT molecular complexity index is 292. The number of aliphatic hydroxyl groups is 1. The number of aliphatic hydroxyl groups excluding tert-OH is 1. The van der Waals surface area contributed by atoms with Gasteiger partial charge in [0.25, 0.3) is 0 Å². The van der Waals surface area contributed by atoms with Crippen molar-refractivity contribution in [3.8, 4) is 5.75 Å². The van der Waals surface area contributed by atoms with Crippen LogP contribution in [0.4, 0.5) is 0 Å². The molecule has 0 heterocycles. The Morgan fingerprint density at radius 3 is 2.54 bits per heavy atom. The molecule has 1 rings (SSSR count). The van der Waals surface area contributed by atoms with Crippen molar-refractivity contribution < 1.29 is 9.84 Å². The SMILES string of the molecule is COc1ccc(C)c(C)c1CCO. The van der Waals surface area contributed by atoms with E-state index in [4.69, 9.17) is 9.84 Å². The molecule has 0 aliphatic carbocycles. The maximum absolute atomic E-state index is 8.90. The smallest absolute Gasteiger partial charge is 0.122 e. The summed E-state index contributed by atoms with van der Waals surface area (Å²) in [6.07, 6.45) is 0.663. The first-order chi connectivity index (χ1) is 6.20. The van der Waals surface area contributed by atoms with E-state index in [1.165, 1.54) is 11.1 Å². The molecule has 0 bridgehead atoms. The number of hydrogen-bond acceptors (Lipinski definition) is 2. The molecule has 2 nitrogen and oxygen atoms in total. The van der Waals surface area contributed by atoms with Crippen molar-refractivity contribution >= 4 is 0 Å². The molecule has 1 N–H and O–H groups in total. The van der Waals surface area contributed by atoms with Gasteiger partial charge in [0, 0.05) is 6.61 Å². The summed E-state index contributed by atoms with van der Waals surface area (Å²) in [6.45, 7) is 4.29. The summed E-state index contributed by atoms with van der Waals surface area (Å²) >= 11 is 0. The van der Waals surface area contributed by atoms with Crippen LogP contribution in [0.1, 0.15) is 16.7 Å². The van der Waals surface area contributed by atoms with Gasteiger partial charge in [0.15, 0.2) is 0 Å². The lowest BCUT2D eigenvalue weighted by Gasteiger charge is -2.12. The number of benzene rings is 1. The number of hydrogen-bond donors (Lipinski definition) is 1. The van der Waals surface area contributed by atoms with E-state index in [1.807, 2.05) is 12.1 Å². The molecule has 0 spiro atoms. The molecule has 0 aromatic heterocycles. The third-order valence-electron chi connectivity index (χ3n) is 2.41. The fourth-order valence-electron chi connectivity index (χ4n) is 1.46. The Balaban J connectivity index is 3.15. The zero-order valence-electron chi connectivity index (χ0n) is 8.42. The van der Waals surface area contributed by atoms with Crippen LogP contribution in [-0.2, 0) is 6.42 Å². The molecule has 1 aromatic carbocycles. The molecule has 0 saturated carbocycles. The van der Waals surface area contributed by atoms with Crippen molar-refractivity contribution in [2.75, 3.05) is 13.7 Å². The van der Waals surface area contributed by atoms with Crippen LogP contribution in [0.5, 0.6) is 5.75 Å². The number of aryl methyl sites for hydroxylation is 1. The molecule has 13 heavy (non-hydrogen) atoms. The molecule has 0 fully saturated rings.